The molecule has 0 bridgehead atoms. The molecule has 4 aromatic rings. The molecule has 9 heteroatoms. The Kier molecular flexibility index (Phi) is 10.8. The maximum atomic E-state index is 14.5. The van der Waals surface area contributed by atoms with E-state index in [1.165, 1.54) is 4.90 Å². The topological polar surface area (TPSA) is 86.8 Å². The minimum absolute atomic E-state index is 0.0746. The van der Waals surface area contributed by atoms with E-state index in [0.29, 0.717) is 17.3 Å². The highest BCUT2D eigenvalue weighted by Gasteiger charge is 2.35. The van der Waals surface area contributed by atoms with Gasteiger partial charge in [0.05, 0.1) is 10.6 Å². The molecular formula is C35H38ClN3O4S. The van der Waals surface area contributed by atoms with Crippen molar-refractivity contribution in [3.8, 4) is 0 Å². The highest BCUT2D eigenvalue weighted by molar-refractivity contribution is 7.92. The summed E-state index contributed by atoms with van der Waals surface area (Å²) in [5, 5.41) is 3.42. The van der Waals surface area contributed by atoms with Crippen molar-refractivity contribution < 1.29 is 18.0 Å². The van der Waals surface area contributed by atoms with Crippen LogP contribution in [0.3, 0.4) is 0 Å². The molecule has 0 spiro atoms. The van der Waals surface area contributed by atoms with Gasteiger partial charge in [0.1, 0.15) is 12.6 Å². The molecule has 4 aromatic carbocycles. The fourth-order valence-corrected chi connectivity index (χ4v) is 6.59. The van der Waals surface area contributed by atoms with Gasteiger partial charge in [-0.3, -0.25) is 13.9 Å². The van der Waals surface area contributed by atoms with Gasteiger partial charge >= 0.3 is 0 Å². The van der Waals surface area contributed by atoms with Gasteiger partial charge in [-0.25, -0.2) is 8.42 Å². The van der Waals surface area contributed by atoms with Gasteiger partial charge in [0.25, 0.3) is 10.0 Å². The fraction of sp³-hybridized carbons (Fsp3) is 0.257. The Balaban J connectivity index is 1.82. The zero-order valence-corrected chi connectivity index (χ0v) is 27.0. The largest absolute Gasteiger partial charge is 0.355 e. The van der Waals surface area contributed by atoms with Gasteiger partial charge in [-0.1, -0.05) is 83.9 Å². The minimum atomic E-state index is -4.16. The number of aryl methyl sites for hydroxylation is 2. The third-order valence-corrected chi connectivity index (χ3v) is 9.65. The van der Waals surface area contributed by atoms with Gasteiger partial charge in [-0.2, -0.15) is 0 Å². The monoisotopic (exact) mass is 631 g/mol. The molecule has 0 saturated heterocycles. The van der Waals surface area contributed by atoms with Crippen LogP contribution in [0.2, 0.25) is 5.02 Å². The van der Waals surface area contributed by atoms with Gasteiger partial charge in [-0.15, -0.1) is 0 Å². The maximum Gasteiger partial charge on any atom is 0.264 e. The third-order valence-electron chi connectivity index (χ3n) is 7.62. The molecule has 4 rings (SSSR count). The standard InChI is InChI=1S/C35H38ClN3O4S/c1-5-37-35(41)33(22-28-11-7-6-8-12-28)38(23-29-16-18-30(36)19-17-29)34(40)24-39(32-13-9-10-26(3)27(32)4)44(42,43)31-20-14-25(2)15-21-31/h6-21,33H,5,22-24H2,1-4H3,(H,37,41)/t33-/m1/s1. The van der Waals surface area contributed by atoms with Crippen molar-refractivity contribution in [2.75, 3.05) is 17.4 Å². The first-order valence-corrected chi connectivity index (χ1v) is 16.3. The quantitative estimate of drug-likeness (QED) is 0.201. The molecule has 0 heterocycles. The SMILES string of the molecule is CCNC(=O)[C@@H](Cc1ccccc1)N(Cc1ccc(Cl)cc1)C(=O)CN(c1cccc(C)c1C)S(=O)(=O)c1ccc(C)cc1. The number of halogens is 1. The van der Waals surface area contributed by atoms with E-state index in [2.05, 4.69) is 5.32 Å². The summed E-state index contributed by atoms with van der Waals surface area (Å²) in [7, 11) is -4.16. The van der Waals surface area contributed by atoms with Gasteiger partial charge in [0, 0.05) is 24.5 Å². The number of benzene rings is 4. The minimum Gasteiger partial charge on any atom is -0.355 e. The molecule has 1 N–H and O–H groups in total. The van der Waals surface area contributed by atoms with Crippen LogP contribution in [-0.4, -0.2) is 44.3 Å². The molecule has 2 amide bonds. The van der Waals surface area contributed by atoms with E-state index in [-0.39, 0.29) is 23.8 Å². The molecule has 0 radical (unpaired) electrons. The highest BCUT2D eigenvalue weighted by atomic mass is 35.5. The lowest BCUT2D eigenvalue weighted by Crippen LogP contribution is -2.53. The molecule has 0 aliphatic rings. The number of amides is 2. The summed E-state index contributed by atoms with van der Waals surface area (Å²) in [5.41, 5.74) is 4.58. The molecule has 230 valence electrons. The second-order valence-electron chi connectivity index (χ2n) is 10.8. The van der Waals surface area contributed by atoms with Crippen LogP contribution in [0.4, 0.5) is 5.69 Å². The first kappa shape index (κ1) is 32.8. The Morgan fingerprint density at radius 3 is 2.11 bits per heavy atom. The van der Waals surface area contributed by atoms with Crippen molar-refractivity contribution in [2.45, 2.75) is 51.6 Å². The summed E-state index contributed by atoms with van der Waals surface area (Å²) in [4.78, 5) is 29.6. The number of anilines is 1. The van der Waals surface area contributed by atoms with Crippen LogP contribution >= 0.6 is 11.6 Å². The Morgan fingerprint density at radius 2 is 1.48 bits per heavy atom. The second-order valence-corrected chi connectivity index (χ2v) is 13.1. The van der Waals surface area contributed by atoms with Crippen molar-refractivity contribution in [1.82, 2.24) is 10.2 Å². The van der Waals surface area contributed by atoms with Crippen LogP contribution in [0.5, 0.6) is 0 Å². The number of nitrogens with zero attached hydrogens (tertiary/aromatic N) is 2. The van der Waals surface area contributed by atoms with Gasteiger partial charge in [0.15, 0.2) is 0 Å². The van der Waals surface area contributed by atoms with Crippen LogP contribution in [0.1, 0.15) is 34.7 Å². The third kappa shape index (κ3) is 7.87. The summed E-state index contributed by atoms with van der Waals surface area (Å²) < 4.78 is 29.6. The molecular weight excluding hydrogens is 594 g/mol. The molecule has 0 fully saturated rings. The summed E-state index contributed by atoms with van der Waals surface area (Å²) in [6.45, 7) is 7.39. The number of rotatable bonds is 12. The Morgan fingerprint density at radius 1 is 0.818 bits per heavy atom. The maximum absolute atomic E-state index is 14.5. The Labute approximate surface area is 265 Å². The molecule has 0 unspecified atom stereocenters. The van der Waals surface area contributed by atoms with Gasteiger partial charge in [-0.05, 0) is 80.3 Å². The Hall–Kier alpha value is -4.14. The smallest absolute Gasteiger partial charge is 0.264 e. The predicted molar refractivity (Wildman–Crippen MR) is 176 cm³/mol. The van der Waals surface area contributed by atoms with Crippen molar-refractivity contribution in [1.29, 1.82) is 0 Å². The van der Waals surface area contributed by atoms with E-state index >= 15 is 0 Å². The van der Waals surface area contributed by atoms with E-state index in [1.54, 1.807) is 60.7 Å². The van der Waals surface area contributed by atoms with Crippen LogP contribution in [0.15, 0.2) is 102 Å². The van der Waals surface area contributed by atoms with Crippen LogP contribution in [-0.2, 0) is 32.6 Å². The molecule has 0 aliphatic heterocycles. The predicted octanol–water partition coefficient (Wildman–Crippen LogP) is 6.24. The van der Waals surface area contributed by atoms with Crippen LogP contribution in [0.25, 0.3) is 0 Å². The number of nitrogens with one attached hydrogen (secondary N) is 1. The number of likely N-dealkylation sites (N-methyl/N-ethyl adjacent to an activating group) is 1. The summed E-state index contributed by atoms with van der Waals surface area (Å²) in [6, 6.07) is 27.5. The van der Waals surface area contributed by atoms with Crippen molar-refractivity contribution in [3.63, 3.8) is 0 Å². The molecule has 44 heavy (non-hydrogen) atoms. The first-order valence-electron chi connectivity index (χ1n) is 14.5. The first-order chi connectivity index (χ1) is 21.0. The van der Waals surface area contributed by atoms with Gasteiger partial charge < -0.3 is 10.2 Å². The summed E-state index contributed by atoms with van der Waals surface area (Å²) in [5.74, 6) is -0.831. The van der Waals surface area contributed by atoms with Crippen LogP contribution < -0.4 is 9.62 Å². The average molecular weight is 632 g/mol. The number of carbonyl (C=O) groups is 2. The highest BCUT2D eigenvalue weighted by Crippen LogP contribution is 2.29. The number of carbonyl (C=O) groups excluding carboxylic acids is 2. The molecule has 0 aliphatic carbocycles. The van der Waals surface area contributed by atoms with Gasteiger partial charge in [0.2, 0.25) is 11.8 Å². The molecule has 0 aromatic heterocycles. The van der Waals surface area contributed by atoms with E-state index in [4.69, 9.17) is 11.6 Å². The van der Waals surface area contributed by atoms with E-state index in [1.807, 2.05) is 64.1 Å². The lowest BCUT2D eigenvalue weighted by molar-refractivity contribution is -0.140. The van der Waals surface area contributed by atoms with Crippen molar-refractivity contribution in [2.24, 2.45) is 0 Å². The Bertz CT molecular complexity index is 1690. The van der Waals surface area contributed by atoms with E-state index in [9.17, 15) is 18.0 Å². The molecule has 1 atom stereocenters. The zero-order valence-electron chi connectivity index (χ0n) is 25.5. The fourth-order valence-electron chi connectivity index (χ4n) is 4.99. The van der Waals surface area contributed by atoms with E-state index < -0.39 is 28.5 Å². The number of hydrogen-bond donors (Lipinski definition) is 1. The lowest BCUT2D eigenvalue weighted by atomic mass is 10.0. The second kappa shape index (κ2) is 14.6. The van der Waals surface area contributed by atoms with Crippen molar-refractivity contribution >= 4 is 39.1 Å². The molecule has 0 saturated carbocycles. The average Bonchev–Trinajstić information content (AvgIpc) is 3.01. The zero-order chi connectivity index (χ0) is 31.9. The summed E-state index contributed by atoms with van der Waals surface area (Å²) >= 11 is 6.14. The number of sulfonamides is 1. The van der Waals surface area contributed by atoms with Crippen LogP contribution in [0, 0.1) is 20.8 Å². The molecule has 7 nitrogen and oxygen atoms in total. The lowest BCUT2D eigenvalue weighted by Gasteiger charge is -2.34. The van der Waals surface area contributed by atoms with E-state index in [0.717, 1.165) is 32.1 Å². The van der Waals surface area contributed by atoms with Crippen molar-refractivity contribution in [3.05, 3.63) is 130 Å². The normalized spacial score (nSPS) is 11.9. The number of hydrogen-bond acceptors (Lipinski definition) is 4. The summed E-state index contributed by atoms with van der Waals surface area (Å²) in [6.07, 6.45) is 0.250.